The minimum Gasteiger partial charge on any atom is -0.324 e. The Morgan fingerprint density at radius 3 is 2.61 bits per heavy atom. The van der Waals surface area contributed by atoms with Crippen molar-refractivity contribution < 1.29 is 18.8 Å². The maximum atomic E-state index is 14.4. The fourth-order valence-corrected chi connectivity index (χ4v) is 6.75. The van der Waals surface area contributed by atoms with Gasteiger partial charge in [-0.25, -0.2) is 9.29 Å². The number of carbonyl (C=O) groups excluding carboxylic acids is 3. The van der Waals surface area contributed by atoms with E-state index in [0.717, 1.165) is 23.6 Å². The number of carbonyl (C=O) groups is 3. The molecule has 0 radical (unpaired) electrons. The highest BCUT2D eigenvalue weighted by molar-refractivity contribution is 6.26. The molecule has 3 aromatic rings. The monoisotopic (exact) mass is 441 g/mol. The molecular weight excluding hydrogens is 421 g/mol. The van der Waals surface area contributed by atoms with E-state index < -0.39 is 23.2 Å². The van der Waals surface area contributed by atoms with Crippen LogP contribution in [0, 0.1) is 17.7 Å². The number of amides is 3. The van der Waals surface area contributed by atoms with Gasteiger partial charge in [-0.3, -0.25) is 19.3 Å². The largest absolute Gasteiger partial charge is 0.324 e. The highest BCUT2D eigenvalue weighted by Gasteiger charge is 2.74. The predicted molar refractivity (Wildman–Crippen MR) is 120 cm³/mol. The fourth-order valence-electron chi connectivity index (χ4n) is 6.75. The first-order valence-corrected chi connectivity index (χ1v) is 11.3. The van der Waals surface area contributed by atoms with Crippen molar-refractivity contribution in [3.8, 4) is 0 Å². The topological polar surface area (TPSA) is 69.7 Å². The first-order valence-electron chi connectivity index (χ1n) is 11.3. The Balaban J connectivity index is 1.42. The lowest BCUT2D eigenvalue weighted by molar-refractivity contribution is -0.135. The van der Waals surface area contributed by atoms with Gasteiger partial charge in [-0.2, -0.15) is 0 Å². The minimum atomic E-state index is -1.36. The minimum absolute atomic E-state index is 0.225. The zero-order chi connectivity index (χ0) is 22.5. The van der Waals surface area contributed by atoms with Crippen molar-refractivity contribution >= 4 is 39.9 Å². The summed E-state index contributed by atoms with van der Waals surface area (Å²) >= 11 is 0. The molecule has 0 saturated carbocycles. The second kappa shape index (κ2) is 6.26. The molecule has 7 heteroatoms. The van der Waals surface area contributed by atoms with E-state index in [2.05, 4.69) is 5.32 Å². The van der Waals surface area contributed by atoms with Gasteiger partial charge in [0.1, 0.15) is 11.4 Å². The van der Waals surface area contributed by atoms with Crippen molar-refractivity contribution in [1.82, 2.24) is 4.90 Å². The number of imide groups is 1. The van der Waals surface area contributed by atoms with Crippen LogP contribution in [-0.4, -0.2) is 35.2 Å². The van der Waals surface area contributed by atoms with Crippen LogP contribution in [0.3, 0.4) is 0 Å². The van der Waals surface area contributed by atoms with E-state index in [1.165, 1.54) is 23.1 Å². The van der Waals surface area contributed by atoms with Crippen LogP contribution in [0.4, 0.5) is 15.8 Å². The van der Waals surface area contributed by atoms with Crippen LogP contribution in [0.1, 0.15) is 18.4 Å². The molecule has 4 aliphatic rings. The maximum Gasteiger partial charge on any atom is 0.250 e. The zero-order valence-electron chi connectivity index (χ0n) is 17.6. The van der Waals surface area contributed by atoms with Crippen molar-refractivity contribution in [1.29, 1.82) is 0 Å². The maximum absolute atomic E-state index is 14.4. The van der Waals surface area contributed by atoms with Crippen molar-refractivity contribution in [3.63, 3.8) is 0 Å². The first-order chi connectivity index (χ1) is 16.0. The van der Waals surface area contributed by atoms with Gasteiger partial charge in [-0.1, -0.05) is 30.3 Å². The third-order valence-electron chi connectivity index (χ3n) is 7.95. The number of hydrogen-bond donors (Lipinski definition) is 1. The average molecular weight is 441 g/mol. The Bertz CT molecular complexity index is 1400. The van der Waals surface area contributed by atoms with E-state index in [4.69, 9.17) is 0 Å². The van der Waals surface area contributed by atoms with Gasteiger partial charge in [0.2, 0.25) is 17.7 Å². The average Bonchev–Trinajstić information content (AvgIpc) is 3.52. The summed E-state index contributed by atoms with van der Waals surface area (Å²) < 4.78 is 14.4. The Morgan fingerprint density at radius 1 is 0.939 bits per heavy atom. The second-order valence-corrected chi connectivity index (χ2v) is 9.36. The van der Waals surface area contributed by atoms with Crippen molar-refractivity contribution in [2.45, 2.75) is 24.4 Å². The lowest BCUT2D eigenvalue weighted by Gasteiger charge is -2.36. The number of anilines is 2. The van der Waals surface area contributed by atoms with Crippen LogP contribution in [0.15, 0.2) is 60.7 Å². The van der Waals surface area contributed by atoms with E-state index in [-0.39, 0.29) is 23.8 Å². The predicted octanol–water partition coefficient (Wildman–Crippen LogP) is 3.41. The number of hydrogen-bond acceptors (Lipinski definition) is 4. The molecule has 3 amide bonds. The smallest absolute Gasteiger partial charge is 0.250 e. The molecule has 7 rings (SSSR count). The highest BCUT2D eigenvalue weighted by Crippen LogP contribution is 2.60. The number of fused-ring (bicyclic) bond motifs is 8. The van der Waals surface area contributed by atoms with Crippen LogP contribution < -0.4 is 10.2 Å². The molecule has 33 heavy (non-hydrogen) atoms. The molecule has 4 heterocycles. The standard InChI is InChI=1S/C26H20FN3O3/c27-16-8-10-19-18(13-16)26(25(33)28-19)22-21(20-6-3-11-29(20)26)23(31)30(24(22)32)17-9-7-14-4-1-2-5-15(14)12-17/h1-2,4-5,7-10,12-13,20-22H,3,6,11H2,(H,28,33). The van der Waals surface area contributed by atoms with E-state index in [1.807, 2.05) is 41.3 Å². The van der Waals surface area contributed by atoms with Crippen LogP contribution in [0.5, 0.6) is 0 Å². The summed E-state index contributed by atoms with van der Waals surface area (Å²) in [5, 5.41) is 4.81. The summed E-state index contributed by atoms with van der Waals surface area (Å²) in [5.74, 6) is -2.99. The van der Waals surface area contributed by atoms with Gasteiger partial charge >= 0.3 is 0 Å². The lowest BCUT2D eigenvalue weighted by Crippen LogP contribution is -2.54. The molecule has 1 spiro atoms. The number of rotatable bonds is 1. The molecule has 4 aliphatic heterocycles. The molecular formula is C26H20FN3O3. The Labute approximate surface area is 189 Å². The van der Waals surface area contributed by atoms with E-state index in [9.17, 15) is 18.8 Å². The van der Waals surface area contributed by atoms with Gasteiger partial charge in [0.05, 0.1) is 17.5 Å². The van der Waals surface area contributed by atoms with Crippen LogP contribution >= 0.6 is 0 Å². The Morgan fingerprint density at radius 2 is 1.76 bits per heavy atom. The normalized spacial score (nSPS) is 30.3. The lowest BCUT2D eigenvalue weighted by atomic mass is 9.75. The number of nitrogens with one attached hydrogen (secondary N) is 1. The van der Waals surface area contributed by atoms with Crippen LogP contribution in [0.2, 0.25) is 0 Å². The van der Waals surface area contributed by atoms with E-state index in [1.54, 1.807) is 6.07 Å². The fraction of sp³-hybridized carbons (Fsp3) is 0.269. The summed E-state index contributed by atoms with van der Waals surface area (Å²) in [5.41, 5.74) is 0.128. The van der Waals surface area contributed by atoms with Crippen molar-refractivity contribution in [3.05, 3.63) is 72.0 Å². The molecule has 3 fully saturated rings. The molecule has 3 aromatic carbocycles. The van der Waals surface area contributed by atoms with Crippen molar-refractivity contribution in [2.24, 2.45) is 11.8 Å². The molecule has 4 unspecified atom stereocenters. The van der Waals surface area contributed by atoms with Crippen LogP contribution in [-0.2, 0) is 19.9 Å². The molecule has 1 N–H and O–H groups in total. The van der Waals surface area contributed by atoms with Gasteiger partial charge in [-0.15, -0.1) is 0 Å². The first kappa shape index (κ1) is 18.9. The molecule has 0 bridgehead atoms. The molecule has 4 atom stereocenters. The summed E-state index contributed by atoms with van der Waals surface area (Å²) in [6.45, 7) is 0.595. The van der Waals surface area contributed by atoms with Gasteiger partial charge in [0, 0.05) is 17.3 Å². The van der Waals surface area contributed by atoms with E-state index >= 15 is 0 Å². The van der Waals surface area contributed by atoms with Gasteiger partial charge in [-0.05, 0) is 60.5 Å². The van der Waals surface area contributed by atoms with Gasteiger partial charge in [0.15, 0.2) is 0 Å². The van der Waals surface area contributed by atoms with Gasteiger partial charge < -0.3 is 5.32 Å². The summed E-state index contributed by atoms with van der Waals surface area (Å²) in [6.07, 6.45) is 1.55. The molecule has 6 nitrogen and oxygen atoms in total. The number of benzene rings is 3. The third-order valence-corrected chi connectivity index (χ3v) is 7.95. The quantitative estimate of drug-likeness (QED) is 0.588. The third kappa shape index (κ3) is 2.18. The summed E-state index contributed by atoms with van der Waals surface area (Å²) in [4.78, 5) is 44.6. The molecule has 3 saturated heterocycles. The highest BCUT2D eigenvalue weighted by atomic mass is 19.1. The van der Waals surface area contributed by atoms with Crippen molar-refractivity contribution in [2.75, 3.05) is 16.8 Å². The van der Waals surface area contributed by atoms with Crippen LogP contribution in [0.25, 0.3) is 10.8 Å². The molecule has 0 aliphatic carbocycles. The molecule has 164 valence electrons. The summed E-state index contributed by atoms with van der Waals surface area (Å²) in [7, 11) is 0. The summed E-state index contributed by atoms with van der Waals surface area (Å²) in [6, 6.07) is 17.2. The van der Waals surface area contributed by atoms with E-state index in [0.29, 0.717) is 23.5 Å². The second-order valence-electron chi connectivity index (χ2n) is 9.36. The zero-order valence-corrected chi connectivity index (χ0v) is 17.6. The Hall–Kier alpha value is -3.58. The number of nitrogens with zero attached hydrogens (tertiary/aromatic N) is 2. The SMILES string of the molecule is O=C1C2C3CCCN3C3(C(=O)Nc4ccc(F)cc43)C2C(=O)N1c1ccc2ccccc2c1. The number of halogens is 1. The van der Waals surface area contributed by atoms with Gasteiger partial charge in [0.25, 0.3) is 0 Å². The molecule has 0 aromatic heterocycles. The Kier molecular flexibility index (Phi) is 3.59.